The summed E-state index contributed by atoms with van der Waals surface area (Å²) in [4.78, 5) is 11.3. The zero-order valence-electron chi connectivity index (χ0n) is 17.0. The van der Waals surface area contributed by atoms with Gasteiger partial charge in [0.25, 0.3) is 0 Å². The molecule has 1 heterocycles. The van der Waals surface area contributed by atoms with Crippen LogP contribution in [-0.2, 0) is 17.2 Å². The van der Waals surface area contributed by atoms with E-state index in [9.17, 15) is 22.2 Å². The molecule has 4 rings (SSSR count). The summed E-state index contributed by atoms with van der Waals surface area (Å²) in [5, 5.41) is 12.7. The summed E-state index contributed by atoms with van der Waals surface area (Å²) < 4.78 is 62.4. The molecule has 3 aromatic carbocycles. The van der Waals surface area contributed by atoms with Crippen molar-refractivity contribution in [3.05, 3.63) is 88.9 Å². The number of halogens is 4. The van der Waals surface area contributed by atoms with Crippen LogP contribution in [0.3, 0.4) is 0 Å². The Morgan fingerprint density at radius 2 is 1.68 bits per heavy atom. The van der Waals surface area contributed by atoms with Gasteiger partial charge in [0.1, 0.15) is 22.4 Å². The smallest absolute Gasteiger partial charge is 0.417 e. The second-order valence-corrected chi connectivity index (χ2v) is 8.58. The molecule has 0 saturated heterocycles. The summed E-state index contributed by atoms with van der Waals surface area (Å²) >= 11 is 6.16. The molecule has 34 heavy (non-hydrogen) atoms. The van der Waals surface area contributed by atoms with Crippen LogP contribution < -0.4 is 4.72 Å². The topological polar surface area (TPSA) is 92.4 Å². The summed E-state index contributed by atoms with van der Waals surface area (Å²) in [5.74, 6) is -1.10. The number of carbonyl (C=O) groups is 1. The molecule has 0 fully saturated rings. The quantitative estimate of drug-likeness (QED) is 0.311. The van der Waals surface area contributed by atoms with Crippen LogP contribution in [0.4, 0.5) is 18.9 Å². The molecular formula is C23H14ClF3N2O4S. The molecule has 1 atom stereocenters. The average molecular weight is 507 g/mol. The Morgan fingerprint density at radius 3 is 2.29 bits per heavy atom. The van der Waals surface area contributed by atoms with Crippen molar-refractivity contribution in [3.8, 4) is 22.6 Å². The van der Waals surface area contributed by atoms with Crippen molar-refractivity contribution in [2.24, 2.45) is 0 Å². The molecule has 0 spiro atoms. The van der Waals surface area contributed by atoms with Gasteiger partial charge in [-0.2, -0.15) is 13.2 Å². The maximum Gasteiger partial charge on any atom is 0.417 e. The van der Waals surface area contributed by atoms with Crippen molar-refractivity contribution < 1.29 is 31.8 Å². The highest BCUT2D eigenvalue weighted by Gasteiger charge is 2.37. The van der Waals surface area contributed by atoms with Gasteiger partial charge in [0.2, 0.25) is 0 Å². The van der Waals surface area contributed by atoms with Gasteiger partial charge in [-0.25, -0.2) is 9.00 Å². The standard InChI is InChI=1S/C23H14ClF3N2O4S/c24-17-8-4-7-16(23(25,26)27)18(17)19-20(21(33-28-19)13-5-2-1-3-6-13)29-34(32)15-11-9-14(10-12-15)22(30)31/h1-12,29H,(H,30,31). The van der Waals surface area contributed by atoms with Crippen molar-refractivity contribution in [1.29, 1.82) is 0 Å². The van der Waals surface area contributed by atoms with E-state index in [4.69, 9.17) is 21.2 Å². The van der Waals surface area contributed by atoms with Gasteiger partial charge in [-0.05, 0) is 36.4 Å². The van der Waals surface area contributed by atoms with Crippen molar-refractivity contribution in [1.82, 2.24) is 5.16 Å². The van der Waals surface area contributed by atoms with E-state index in [0.717, 1.165) is 6.07 Å². The lowest BCUT2D eigenvalue weighted by Crippen LogP contribution is -2.10. The third-order valence-corrected chi connectivity index (χ3v) is 6.20. The van der Waals surface area contributed by atoms with Gasteiger partial charge in [0, 0.05) is 11.1 Å². The van der Waals surface area contributed by atoms with Crippen LogP contribution >= 0.6 is 11.6 Å². The summed E-state index contributed by atoms with van der Waals surface area (Å²) in [6, 6.07) is 16.9. The van der Waals surface area contributed by atoms with Crippen LogP contribution in [0.25, 0.3) is 22.6 Å². The van der Waals surface area contributed by atoms with E-state index in [1.165, 1.54) is 36.4 Å². The number of carboxylic acids is 1. The number of anilines is 1. The van der Waals surface area contributed by atoms with Crippen LogP contribution in [0, 0.1) is 0 Å². The Labute approximate surface area is 198 Å². The Balaban J connectivity index is 1.86. The number of aromatic nitrogens is 1. The summed E-state index contributed by atoms with van der Waals surface area (Å²) in [6.07, 6.45) is -4.74. The average Bonchev–Trinajstić information content (AvgIpc) is 3.22. The van der Waals surface area contributed by atoms with Crippen LogP contribution in [0.5, 0.6) is 0 Å². The molecule has 0 aliphatic heterocycles. The summed E-state index contributed by atoms with van der Waals surface area (Å²) in [6.45, 7) is 0. The van der Waals surface area contributed by atoms with E-state index in [2.05, 4.69) is 9.88 Å². The number of nitrogens with zero attached hydrogens (tertiary/aromatic N) is 1. The Hall–Kier alpha value is -3.63. The molecule has 174 valence electrons. The minimum atomic E-state index is -4.74. The largest absolute Gasteiger partial charge is 0.478 e. The van der Waals surface area contributed by atoms with Gasteiger partial charge in [-0.1, -0.05) is 53.2 Å². The predicted octanol–water partition coefficient (Wildman–Crippen LogP) is 6.51. The highest BCUT2D eigenvalue weighted by atomic mass is 35.5. The van der Waals surface area contributed by atoms with E-state index in [1.54, 1.807) is 30.3 Å². The van der Waals surface area contributed by atoms with Gasteiger partial charge in [0.05, 0.1) is 21.0 Å². The molecule has 11 heteroatoms. The van der Waals surface area contributed by atoms with Gasteiger partial charge >= 0.3 is 12.1 Å². The number of carboxylic acid groups (broad SMARTS) is 1. The fourth-order valence-electron chi connectivity index (χ4n) is 3.22. The second-order valence-electron chi connectivity index (χ2n) is 6.96. The normalized spacial score (nSPS) is 12.4. The van der Waals surface area contributed by atoms with E-state index in [1.807, 2.05) is 0 Å². The first-order chi connectivity index (χ1) is 16.2. The molecule has 0 amide bonds. The van der Waals surface area contributed by atoms with Crippen molar-refractivity contribution >= 4 is 34.2 Å². The molecule has 0 saturated carbocycles. The lowest BCUT2D eigenvalue weighted by molar-refractivity contribution is -0.137. The molecule has 1 unspecified atom stereocenters. The van der Waals surface area contributed by atoms with Crippen LogP contribution in [0.2, 0.25) is 5.02 Å². The first kappa shape index (κ1) is 23.5. The van der Waals surface area contributed by atoms with Crippen molar-refractivity contribution in [2.45, 2.75) is 11.1 Å². The van der Waals surface area contributed by atoms with Crippen LogP contribution in [0.1, 0.15) is 15.9 Å². The number of rotatable bonds is 6. The number of aromatic carboxylic acids is 1. The molecular weight excluding hydrogens is 493 g/mol. The maximum absolute atomic E-state index is 13.8. The fraction of sp³-hybridized carbons (Fsp3) is 0.0435. The summed E-state index contributed by atoms with van der Waals surface area (Å²) in [5.41, 5.74) is -1.33. The zero-order chi connectivity index (χ0) is 24.5. The number of hydrogen-bond acceptors (Lipinski definition) is 4. The lowest BCUT2D eigenvalue weighted by atomic mass is 10.0. The predicted molar refractivity (Wildman–Crippen MR) is 121 cm³/mol. The molecule has 6 nitrogen and oxygen atoms in total. The lowest BCUT2D eigenvalue weighted by Gasteiger charge is -2.14. The third kappa shape index (κ3) is 4.68. The molecule has 0 bridgehead atoms. The van der Waals surface area contributed by atoms with Gasteiger partial charge < -0.3 is 9.63 Å². The fourth-order valence-corrected chi connectivity index (χ4v) is 4.36. The Kier molecular flexibility index (Phi) is 6.45. The number of benzene rings is 3. The van der Waals surface area contributed by atoms with Crippen molar-refractivity contribution in [3.63, 3.8) is 0 Å². The molecule has 4 aromatic rings. The first-order valence-corrected chi connectivity index (χ1v) is 11.1. The van der Waals surface area contributed by atoms with E-state index in [-0.39, 0.29) is 32.6 Å². The second kappa shape index (κ2) is 9.32. The zero-order valence-corrected chi connectivity index (χ0v) is 18.5. The minimum Gasteiger partial charge on any atom is -0.478 e. The maximum atomic E-state index is 13.8. The Bertz CT molecular complexity index is 1370. The molecule has 0 aliphatic rings. The number of hydrogen-bond donors (Lipinski definition) is 2. The Morgan fingerprint density at radius 1 is 1.00 bits per heavy atom. The first-order valence-electron chi connectivity index (χ1n) is 9.59. The van der Waals surface area contributed by atoms with Gasteiger partial charge in [0.15, 0.2) is 5.76 Å². The molecule has 2 N–H and O–H groups in total. The van der Waals surface area contributed by atoms with E-state index >= 15 is 0 Å². The van der Waals surface area contributed by atoms with Gasteiger partial charge in [-0.3, -0.25) is 4.72 Å². The van der Waals surface area contributed by atoms with Crippen molar-refractivity contribution in [2.75, 3.05) is 4.72 Å². The monoisotopic (exact) mass is 506 g/mol. The number of nitrogens with one attached hydrogen (secondary N) is 1. The highest BCUT2D eigenvalue weighted by Crippen LogP contribution is 2.45. The van der Waals surface area contributed by atoms with E-state index in [0.29, 0.717) is 5.56 Å². The molecule has 0 aliphatic carbocycles. The SMILES string of the molecule is O=C(O)c1ccc(S(=O)Nc2c(-c3c(Cl)cccc3C(F)(F)F)noc2-c2ccccc2)cc1. The molecule has 0 radical (unpaired) electrons. The highest BCUT2D eigenvalue weighted by molar-refractivity contribution is 7.86. The van der Waals surface area contributed by atoms with Crippen LogP contribution in [0.15, 0.2) is 82.2 Å². The number of alkyl halides is 3. The third-order valence-electron chi connectivity index (χ3n) is 4.79. The molecule has 1 aromatic heterocycles. The summed E-state index contributed by atoms with van der Waals surface area (Å²) in [7, 11) is -2.00. The van der Waals surface area contributed by atoms with Gasteiger partial charge in [-0.15, -0.1) is 0 Å². The van der Waals surface area contributed by atoms with E-state index < -0.39 is 34.3 Å². The minimum absolute atomic E-state index is 0.0118. The van der Waals surface area contributed by atoms with Crippen LogP contribution in [-0.4, -0.2) is 20.4 Å².